The summed E-state index contributed by atoms with van der Waals surface area (Å²) in [4.78, 5) is 17.3. The van der Waals surface area contributed by atoms with Crippen LogP contribution in [0, 0.1) is 6.92 Å². The van der Waals surface area contributed by atoms with Crippen molar-refractivity contribution in [1.29, 1.82) is 0 Å². The molecule has 0 N–H and O–H groups in total. The Bertz CT molecular complexity index is 336. The Labute approximate surface area is 96.0 Å². The smallest absolute Gasteiger partial charge is 0.319 e. The van der Waals surface area contributed by atoms with E-state index >= 15 is 0 Å². The van der Waals surface area contributed by atoms with Crippen LogP contribution in [0.25, 0.3) is 0 Å². The molecule has 1 aromatic heterocycles. The zero-order valence-corrected chi connectivity index (χ0v) is 10.1. The van der Waals surface area contributed by atoms with Gasteiger partial charge in [-0.05, 0) is 13.5 Å². The number of aryl methyl sites for hydroxylation is 1. The summed E-state index contributed by atoms with van der Waals surface area (Å²) in [5.41, 5.74) is 0. The van der Waals surface area contributed by atoms with Gasteiger partial charge in [-0.25, -0.2) is 4.98 Å². The van der Waals surface area contributed by atoms with E-state index in [-0.39, 0.29) is 5.97 Å². The van der Waals surface area contributed by atoms with Gasteiger partial charge in [-0.3, -0.25) is 9.69 Å². The number of esters is 1. The van der Waals surface area contributed by atoms with E-state index in [1.165, 1.54) is 7.11 Å². The summed E-state index contributed by atoms with van der Waals surface area (Å²) in [6.45, 7) is 6.85. The van der Waals surface area contributed by atoms with Crippen LogP contribution < -0.4 is 0 Å². The number of methoxy groups -OCH3 is 1. The van der Waals surface area contributed by atoms with Crippen LogP contribution in [0.2, 0.25) is 0 Å². The molecule has 1 heterocycles. The van der Waals surface area contributed by atoms with E-state index in [4.69, 9.17) is 0 Å². The Kier molecular flexibility index (Phi) is 4.98. The van der Waals surface area contributed by atoms with Crippen molar-refractivity contribution in [1.82, 2.24) is 14.5 Å². The van der Waals surface area contributed by atoms with Gasteiger partial charge in [0, 0.05) is 25.5 Å². The number of carbonyl (C=O) groups excluding carboxylic acids is 1. The molecule has 0 radical (unpaired) electrons. The van der Waals surface area contributed by atoms with Crippen molar-refractivity contribution in [2.24, 2.45) is 0 Å². The summed E-state index contributed by atoms with van der Waals surface area (Å²) in [7, 11) is 1.41. The Morgan fingerprint density at radius 1 is 1.62 bits per heavy atom. The third kappa shape index (κ3) is 3.66. The highest BCUT2D eigenvalue weighted by molar-refractivity contribution is 5.71. The van der Waals surface area contributed by atoms with Crippen LogP contribution in [0.1, 0.15) is 12.7 Å². The van der Waals surface area contributed by atoms with Crippen molar-refractivity contribution in [2.45, 2.75) is 20.4 Å². The minimum absolute atomic E-state index is 0.191. The maximum Gasteiger partial charge on any atom is 0.319 e. The number of imidazole rings is 1. The molecule has 0 saturated carbocycles. The van der Waals surface area contributed by atoms with Crippen molar-refractivity contribution in [3.05, 3.63) is 18.2 Å². The fourth-order valence-corrected chi connectivity index (χ4v) is 1.49. The number of aromatic nitrogens is 2. The first-order valence-electron chi connectivity index (χ1n) is 5.44. The van der Waals surface area contributed by atoms with E-state index < -0.39 is 0 Å². The van der Waals surface area contributed by atoms with Gasteiger partial charge in [0.25, 0.3) is 0 Å². The van der Waals surface area contributed by atoms with E-state index in [9.17, 15) is 4.79 Å². The third-order valence-electron chi connectivity index (χ3n) is 2.61. The van der Waals surface area contributed by atoms with Gasteiger partial charge < -0.3 is 9.30 Å². The lowest BCUT2D eigenvalue weighted by atomic mass is 10.4. The van der Waals surface area contributed by atoms with Crippen LogP contribution in [0.4, 0.5) is 0 Å². The molecule has 5 heteroatoms. The van der Waals surface area contributed by atoms with Gasteiger partial charge in [0.2, 0.25) is 0 Å². The zero-order valence-electron chi connectivity index (χ0n) is 10.1. The number of likely N-dealkylation sites (N-methyl/N-ethyl adjacent to an activating group) is 1. The Morgan fingerprint density at radius 3 is 2.88 bits per heavy atom. The molecule has 0 unspecified atom stereocenters. The molecule has 0 aromatic carbocycles. The fraction of sp³-hybridized carbons (Fsp3) is 0.636. The molecular weight excluding hydrogens is 206 g/mol. The molecule has 0 atom stereocenters. The third-order valence-corrected chi connectivity index (χ3v) is 2.61. The lowest BCUT2D eigenvalue weighted by Gasteiger charge is -2.19. The quantitative estimate of drug-likeness (QED) is 0.668. The summed E-state index contributed by atoms with van der Waals surface area (Å²) in [5.74, 6) is 0.804. The molecule has 0 saturated heterocycles. The van der Waals surface area contributed by atoms with Gasteiger partial charge >= 0.3 is 5.97 Å². The zero-order chi connectivity index (χ0) is 12.0. The first-order valence-corrected chi connectivity index (χ1v) is 5.44. The van der Waals surface area contributed by atoms with Crippen LogP contribution in [-0.4, -0.2) is 47.2 Å². The Balaban J connectivity index is 2.40. The predicted octanol–water partition coefficient (Wildman–Crippen LogP) is 0.686. The van der Waals surface area contributed by atoms with E-state index in [1.54, 1.807) is 6.20 Å². The highest BCUT2D eigenvalue weighted by Crippen LogP contribution is 1.97. The Morgan fingerprint density at radius 2 is 2.38 bits per heavy atom. The summed E-state index contributed by atoms with van der Waals surface area (Å²) in [5, 5.41) is 0. The van der Waals surface area contributed by atoms with Crippen molar-refractivity contribution < 1.29 is 9.53 Å². The maximum absolute atomic E-state index is 11.1. The molecule has 16 heavy (non-hydrogen) atoms. The predicted molar refractivity (Wildman–Crippen MR) is 61.1 cm³/mol. The first-order chi connectivity index (χ1) is 7.67. The topological polar surface area (TPSA) is 47.4 Å². The number of hydrogen-bond donors (Lipinski definition) is 0. The van der Waals surface area contributed by atoms with Crippen LogP contribution in [0.5, 0.6) is 0 Å². The van der Waals surface area contributed by atoms with Crippen LogP contribution >= 0.6 is 0 Å². The van der Waals surface area contributed by atoms with Crippen molar-refractivity contribution in [2.75, 3.05) is 26.7 Å². The average molecular weight is 225 g/mol. The summed E-state index contributed by atoms with van der Waals surface area (Å²) < 4.78 is 6.71. The highest BCUT2D eigenvalue weighted by Gasteiger charge is 2.09. The lowest BCUT2D eigenvalue weighted by molar-refractivity contribution is -0.141. The van der Waals surface area contributed by atoms with E-state index in [1.807, 2.05) is 24.9 Å². The molecule has 90 valence electrons. The summed E-state index contributed by atoms with van der Waals surface area (Å²) >= 11 is 0. The van der Waals surface area contributed by atoms with Gasteiger partial charge in [0.05, 0.1) is 13.7 Å². The lowest BCUT2D eigenvalue weighted by Crippen LogP contribution is -2.33. The summed E-state index contributed by atoms with van der Waals surface area (Å²) in [6, 6.07) is 0. The molecule has 0 spiro atoms. The molecule has 0 bridgehead atoms. The first kappa shape index (κ1) is 12.7. The van der Waals surface area contributed by atoms with E-state index in [2.05, 4.69) is 14.3 Å². The SMILES string of the molecule is CCN(CCn1ccnc1C)CC(=O)OC. The second-order valence-electron chi connectivity index (χ2n) is 3.61. The second-order valence-corrected chi connectivity index (χ2v) is 3.61. The standard InChI is InChI=1S/C11H19N3O2/c1-4-13(9-11(15)16-3)7-8-14-6-5-12-10(14)2/h5-6H,4,7-9H2,1-3H3. The molecular formula is C11H19N3O2. The minimum Gasteiger partial charge on any atom is -0.468 e. The molecule has 1 aromatic rings. The van der Waals surface area contributed by atoms with Gasteiger partial charge in [0.1, 0.15) is 5.82 Å². The molecule has 1 rings (SSSR count). The van der Waals surface area contributed by atoms with E-state index in [0.717, 1.165) is 25.5 Å². The second kappa shape index (κ2) is 6.27. The van der Waals surface area contributed by atoms with Gasteiger partial charge in [-0.2, -0.15) is 0 Å². The number of nitrogens with zero attached hydrogens (tertiary/aromatic N) is 3. The molecule has 0 aliphatic rings. The van der Waals surface area contributed by atoms with Crippen LogP contribution in [0.3, 0.4) is 0 Å². The molecule has 0 fully saturated rings. The van der Waals surface area contributed by atoms with Crippen LogP contribution in [-0.2, 0) is 16.1 Å². The fourth-order valence-electron chi connectivity index (χ4n) is 1.49. The number of carbonyl (C=O) groups is 1. The molecule has 0 aliphatic carbocycles. The van der Waals surface area contributed by atoms with Crippen molar-refractivity contribution in [3.63, 3.8) is 0 Å². The number of hydrogen-bond acceptors (Lipinski definition) is 4. The molecule has 0 aliphatic heterocycles. The molecule has 5 nitrogen and oxygen atoms in total. The average Bonchev–Trinajstić information content (AvgIpc) is 2.69. The van der Waals surface area contributed by atoms with Crippen molar-refractivity contribution >= 4 is 5.97 Å². The molecule has 0 amide bonds. The van der Waals surface area contributed by atoms with Gasteiger partial charge in [-0.15, -0.1) is 0 Å². The van der Waals surface area contributed by atoms with Gasteiger partial charge in [-0.1, -0.05) is 6.92 Å². The van der Waals surface area contributed by atoms with Crippen LogP contribution in [0.15, 0.2) is 12.4 Å². The van der Waals surface area contributed by atoms with Gasteiger partial charge in [0.15, 0.2) is 0 Å². The summed E-state index contributed by atoms with van der Waals surface area (Å²) in [6.07, 6.45) is 3.73. The number of rotatable bonds is 6. The van der Waals surface area contributed by atoms with E-state index in [0.29, 0.717) is 6.54 Å². The largest absolute Gasteiger partial charge is 0.468 e. The maximum atomic E-state index is 11.1. The number of ether oxygens (including phenoxy) is 1. The van der Waals surface area contributed by atoms with Crippen molar-refractivity contribution in [3.8, 4) is 0 Å². The Hall–Kier alpha value is -1.36. The minimum atomic E-state index is -0.191. The normalized spacial score (nSPS) is 10.8. The highest BCUT2D eigenvalue weighted by atomic mass is 16.5. The monoisotopic (exact) mass is 225 g/mol.